The number of rotatable bonds is 5. The van der Waals surface area contributed by atoms with Crippen molar-refractivity contribution >= 4 is 23.2 Å². The largest absolute Gasteiger partial charge is 0.497 e. The Morgan fingerprint density at radius 1 is 1.14 bits per heavy atom. The summed E-state index contributed by atoms with van der Waals surface area (Å²) >= 11 is 5.58. The molecule has 0 aliphatic carbocycles. The average Bonchev–Trinajstić information content (AvgIpc) is 2.72. The third kappa shape index (κ3) is 6.31. The summed E-state index contributed by atoms with van der Waals surface area (Å²) in [5.41, 5.74) is 1.17. The quantitative estimate of drug-likeness (QED) is 0.691. The number of quaternary nitrogens is 1. The molecule has 0 bridgehead atoms. The van der Waals surface area contributed by atoms with Crippen molar-refractivity contribution in [3.8, 4) is 5.75 Å². The molecule has 2 heterocycles. The number of methoxy groups -OCH3 is 1. The number of nitrogens with zero attached hydrogens (tertiary/aromatic N) is 2. The first-order valence-electron chi connectivity index (χ1n) is 10.7. The van der Waals surface area contributed by atoms with Gasteiger partial charge in [-0.1, -0.05) is 26.0 Å². The second-order valence-corrected chi connectivity index (χ2v) is 9.05. The Labute approximate surface area is 180 Å². The lowest BCUT2D eigenvalue weighted by Crippen LogP contribution is -3.16. The normalized spacial score (nSPS) is 23.0. The third-order valence-corrected chi connectivity index (χ3v) is 6.39. The molecule has 29 heavy (non-hydrogen) atoms. The summed E-state index contributed by atoms with van der Waals surface area (Å²) in [4.78, 5) is 18.4. The second-order valence-electron chi connectivity index (χ2n) is 8.67. The number of benzene rings is 1. The number of ether oxygens (including phenoxy) is 1. The summed E-state index contributed by atoms with van der Waals surface area (Å²) in [5, 5.41) is 4.15. The first-order chi connectivity index (χ1) is 13.9. The molecule has 0 unspecified atom stereocenters. The molecule has 0 saturated carbocycles. The molecule has 1 aromatic rings. The predicted molar refractivity (Wildman–Crippen MR) is 119 cm³/mol. The molecule has 2 aliphatic rings. The second kappa shape index (κ2) is 10.3. The minimum Gasteiger partial charge on any atom is -0.497 e. The van der Waals surface area contributed by atoms with Gasteiger partial charge in [0.1, 0.15) is 5.75 Å². The molecule has 0 radical (unpaired) electrons. The molecule has 7 heteroatoms. The molecule has 1 aromatic carbocycles. The van der Waals surface area contributed by atoms with Crippen molar-refractivity contribution in [2.75, 3.05) is 52.9 Å². The van der Waals surface area contributed by atoms with Crippen molar-refractivity contribution in [1.29, 1.82) is 0 Å². The standard InChI is InChI=1S/C22H34N4O2S/c1-17-12-18(2)15-26(14-17)21(27)16-24-8-10-25(11-9-24)22(29)23-13-19-4-6-20(28-3)7-5-19/h4-7,17-18H,8-16H2,1-3H3,(H,23,29)/p+1/t17-,18-/m0/s1. The Bertz CT molecular complexity index is 679. The van der Waals surface area contributed by atoms with E-state index in [2.05, 4.69) is 29.0 Å². The van der Waals surface area contributed by atoms with E-state index in [1.54, 1.807) is 7.11 Å². The lowest BCUT2D eigenvalue weighted by atomic mass is 9.92. The van der Waals surface area contributed by atoms with Gasteiger partial charge in [-0.2, -0.15) is 0 Å². The Hall–Kier alpha value is -1.86. The number of hydrogen-bond donors (Lipinski definition) is 2. The Morgan fingerprint density at radius 3 is 2.34 bits per heavy atom. The van der Waals surface area contributed by atoms with E-state index < -0.39 is 0 Å². The molecule has 0 spiro atoms. The van der Waals surface area contributed by atoms with Gasteiger partial charge in [0.05, 0.1) is 33.3 Å². The van der Waals surface area contributed by atoms with E-state index in [0.29, 0.717) is 30.8 Å². The summed E-state index contributed by atoms with van der Waals surface area (Å²) in [6, 6.07) is 8.01. The fourth-order valence-electron chi connectivity index (χ4n) is 4.43. The van der Waals surface area contributed by atoms with E-state index in [4.69, 9.17) is 17.0 Å². The highest BCUT2D eigenvalue weighted by molar-refractivity contribution is 7.80. The highest BCUT2D eigenvalue weighted by Gasteiger charge is 2.29. The van der Waals surface area contributed by atoms with Gasteiger partial charge in [0, 0.05) is 19.6 Å². The summed E-state index contributed by atoms with van der Waals surface area (Å²) in [6.07, 6.45) is 1.23. The lowest BCUT2D eigenvalue weighted by Gasteiger charge is -2.37. The van der Waals surface area contributed by atoms with Crippen molar-refractivity contribution in [2.24, 2.45) is 11.8 Å². The molecule has 2 fully saturated rings. The van der Waals surface area contributed by atoms with Crippen LogP contribution in [0.3, 0.4) is 0 Å². The smallest absolute Gasteiger partial charge is 0.277 e. The molecular formula is C22H35N4O2S+. The van der Waals surface area contributed by atoms with Gasteiger partial charge in [-0.05, 0) is 48.2 Å². The van der Waals surface area contributed by atoms with Gasteiger partial charge in [0.2, 0.25) is 0 Å². The predicted octanol–water partition coefficient (Wildman–Crippen LogP) is 0.775. The van der Waals surface area contributed by atoms with Crippen LogP contribution in [0.4, 0.5) is 0 Å². The number of thiocarbonyl (C=S) groups is 1. The molecule has 160 valence electrons. The fourth-order valence-corrected chi connectivity index (χ4v) is 4.68. The third-order valence-electron chi connectivity index (χ3n) is 5.98. The Kier molecular flexibility index (Phi) is 7.72. The van der Waals surface area contributed by atoms with E-state index >= 15 is 0 Å². The van der Waals surface area contributed by atoms with Crippen LogP contribution in [0.1, 0.15) is 25.8 Å². The molecule has 2 atom stereocenters. The van der Waals surface area contributed by atoms with Gasteiger partial charge in [0.15, 0.2) is 11.7 Å². The molecular weight excluding hydrogens is 384 g/mol. The number of carbonyl (C=O) groups is 1. The maximum Gasteiger partial charge on any atom is 0.277 e. The number of amides is 1. The van der Waals surface area contributed by atoms with Crippen LogP contribution in [0.5, 0.6) is 5.75 Å². The first kappa shape index (κ1) is 21.8. The van der Waals surface area contributed by atoms with E-state index in [1.807, 2.05) is 24.3 Å². The topological polar surface area (TPSA) is 49.3 Å². The molecule has 3 rings (SSSR count). The highest BCUT2D eigenvalue weighted by Crippen LogP contribution is 2.20. The Morgan fingerprint density at radius 2 is 1.76 bits per heavy atom. The van der Waals surface area contributed by atoms with Crippen molar-refractivity contribution < 1.29 is 14.4 Å². The number of piperidine rings is 1. The van der Waals surface area contributed by atoms with Crippen LogP contribution in [0.15, 0.2) is 24.3 Å². The summed E-state index contributed by atoms with van der Waals surface area (Å²) in [5.74, 6) is 2.40. The first-order valence-corrected chi connectivity index (χ1v) is 11.1. The molecule has 2 saturated heterocycles. The number of nitrogens with one attached hydrogen (secondary N) is 2. The van der Waals surface area contributed by atoms with Gasteiger partial charge in [-0.15, -0.1) is 0 Å². The number of likely N-dealkylation sites (tertiary alicyclic amines) is 1. The lowest BCUT2D eigenvalue weighted by molar-refractivity contribution is -0.896. The van der Waals surface area contributed by atoms with Crippen LogP contribution in [-0.4, -0.2) is 73.7 Å². The summed E-state index contributed by atoms with van der Waals surface area (Å²) < 4.78 is 5.19. The maximum atomic E-state index is 12.7. The van der Waals surface area contributed by atoms with Crippen LogP contribution >= 0.6 is 12.2 Å². The zero-order valence-corrected chi connectivity index (χ0v) is 18.8. The van der Waals surface area contributed by atoms with Crippen LogP contribution in [0.25, 0.3) is 0 Å². The number of carbonyl (C=O) groups excluding carboxylic acids is 1. The zero-order chi connectivity index (χ0) is 20.8. The van der Waals surface area contributed by atoms with E-state index in [9.17, 15) is 4.79 Å². The SMILES string of the molecule is COc1ccc(CNC(=S)N2CC[NH+](CC(=O)N3C[C@@H](C)C[C@H](C)C3)CC2)cc1. The van der Waals surface area contributed by atoms with Gasteiger partial charge < -0.3 is 24.8 Å². The van der Waals surface area contributed by atoms with Gasteiger partial charge in [0.25, 0.3) is 5.91 Å². The van der Waals surface area contributed by atoms with E-state index in [0.717, 1.165) is 50.1 Å². The highest BCUT2D eigenvalue weighted by atomic mass is 32.1. The van der Waals surface area contributed by atoms with Crippen LogP contribution < -0.4 is 15.0 Å². The van der Waals surface area contributed by atoms with Crippen molar-refractivity contribution in [1.82, 2.24) is 15.1 Å². The minimum atomic E-state index is 0.312. The molecule has 2 N–H and O–H groups in total. The van der Waals surface area contributed by atoms with Crippen LogP contribution in [-0.2, 0) is 11.3 Å². The van der Waals surface area contributed by atoms with Gasteiger partial charge in [-0.25, -0.2) is 0 Å². The van der Waals surface area contributed by atoms with E-state index in [-0.39, 0.29) is 0 Å². The average molecular weight is 420 g/mol. The van der Waals surface area contributed by atoms with Crippen molar-refractivity contribution in [3.63, 3.8) is 0 Å². The minimum absolute atomic E-state index is 0.312. The Balaban J connectivity index is 1.39. The van der Waals surface area contributed by atoms with Gasteiger partial charge in [-0.3, -0.25) is 4.79 Å². The summed E-state index contributed by atoms with van der Waals surface area (Å²) in [7, 11) is 1.67. The van der Waals surface area contributed by atoms with Crippen LogP contribution in [0, 0.1) is 11.8 Å². The number of piperazine rings is 1. The molecule has 6 nitrogen and oxygen atoms in total. The monoisotopic (exact) mass is 419 g/mol. The van der Waals surface area contributed by atoms with Crippen molar-refractivity contribution in [3.05, 3.63) is 29.8 Å². The fraction of sp³-hybridized carbons (Fsp3) is 0.636. The molecule has 0 aromatic heterocycles. The van der Waals surface area contributed by atoms with E-state index in [1.165, 1.54) is 16.9 Å². The van der Waals surface area contributed by atoms with Crippen molar-refractivity contribution in [2.45, 2.75) is 26.8 Å². The van der Waals surface area contributed by atoms with Crippen LogP contribution in [0.2, 0.25) is 0 Å². The number of hydrogen-bond acceptors (Lipinski definition) is 3. The molecule has 1 amide bonds. The summed E-state index contributed by atoms with van der Waals surface area (Å²) in [6.45, 7) is 11.4. The molecule has 2 aliphatic heterocycles. The van der Waals surface area contributed by atoms with Gasteiger partial charge >= 0.3 is 0 Å². The zero-order valence-electron chi connectivity index (χ0n) is 17.9. The maximum absolute atomic E-state index is 12.7.